The van der Waals surface area contributed by atoms with Gasteiger partial charge in [-0.05, 0) is 32.5 Å². The van der Waals surface area contributed by atoms with Gasteiger partial charge in [0.05, 0.1) is 12.7 Å². The third kappa shape index (κ3) is 4.43. The van der Waals surface area contributed by atoms with Crippen LogP contribution in [0.1, 0.15) is 18.1 Å². The Hall–Kier alpha value is -2.14. The van der Waals surface area contributed by atoms with E-state index in [1.165, 1.54) is 0 Å². The Balaban J connectivity index is 1.86. The zero-order valence-electron chi connectivity index (χ0n) is 12.8. The van der Waals surface area contributed by atoms with Gasteiger partial charge in [-0.3, -0.25) is 14.4 Å². The summed E-state index contributed by atoms with van der Waals surface area (Å²) in [5.41, 5.74) is 3.05. The van der Waals surface area contributed by atoms with Gasteiger partial charge in [0.15, 0.2) is 0 Å². The molecule has 0 spiro atoms. The summed E-state index contributed by atoms with van der Waals surface area (Å²) in [4.78, 5) is 14.0. The molecule has 0 saturated carbocycles. The number of amides is 1. The molecule has 2 rings (SSSR count). The van der Waals surface area contributed by atoms with Crippen molar-refractivity contribution in [2.24, 2.45) is 0 Å². The zero-order chi connectivity index (χ0) is 15.2. The van der Waals surface area contributed by atoms with Crippen LogP contribution in [0.15, 0.2) is 36.7 Å². The average Bonchev–Trinajstić information content (AvgIpc) is 2.88. The minimum atomic E-state index is -0.00492. The first kappa shape index (κ1) is 15.3. The van der Waals surface area contributed by atoms with Crippen LogP contribution in [0, 0.1) is 6.92 Å². The maximum Gasteiger partial charge on any atom is 0.238 e. The number of rotatable bonds is 6. The molecule has 0 saturated heterocycles. The molecule has 0 atom stereocenters. The van der Waals surface area contributed by atoms with E-state index in [1.807, 2.05) is 60.2 Å². The molecule has 1 aromatic carbocycles. The van der Waals surface area contributed by atoms with Crippen molar-refractivity contribution in [1.29, 1.82) is 0 Å². The Morgan fingerprint density at radius 2 is 2.14 bits per heavy atom. The van der Waals surface area contributed by atoms with Gasteiger partial charge in [0, 0.05) is 30.5 Å². The van der Waals surface area contributed by atoms with Gasteiger partial charge in [0.2, 0.25) is 5.91 Å². The van der Waals surface area contributed by atoms with Crippen molar-refractivity contribution in [3.63, 3.8) is 0 Å². The molecule has 2 aromatic rings. The second-order valence-electron chi connectivity index (χ2n) is 5.24. The first-order valence-electron chi connectivity index (χ1n) is 7.14. The van der Waals surface area contributed by atoms with Crippen molar-refractivity contribution in [1.82, 2.24) is 14.7 Å². The Labute approximate surface area is 125 Å². The van der Waals surface area contributed by atoms with Crippen molar-refractivity contribution >= 4 is 11.6 Å². The van der Waals surface area contributed by atoms with E-state index in [9.17, 15) is 4.79 Å². The van der Waals surface area contributed by atoms with Crippen LogP contribution < -0.4 is 5.32 Å². The summed E-state index contributed by atoms with van der Waals surface area (Å²) in [6.45, 7) is 5.96. The number of carbonyl (C=O) groups excluding carboxylic acids is 1. The Morgan fingerprint density at radius 3 is 2.81 bits per heavy atom. The second-order valence-corrected chi connectivity index (χ2v) is 5.24. The van der Waals surface area contributed by atoms with Crippen LogP contribution in [0.4, 0.5) is 5.69 Å². The van der Waals surface area contributed by atoms with Gasteiger partial charge in [-0.2, -0.15) is 5.10 Å². The molecule has 1 N–H and O–H groups in total. The van der Waals surface area contributed by atoms with E-state index in [1.54, 1.807) is 0 Å². The van der Waals surface area contributed by atoms with E-state index in [2.05, 4.69) is 17.3 Å². The van der Waals surface area contributed by atoms with Gasteiger partial charge in [0.1, 0.15) is 0 Å². The fourth-order valence-electron chi connectivity index (χ4n) is 2.18. The highest BCUT2D eigenvalue weighted by atomic mass is 16.2. The molecule has 1 amide bonds. The summed E-state index contributed by atoms with van der Waals surface area (Å²) < 4.78 is 1.89. The van der Waals surface area contributed by atoms with E-state index >= 15 is 0 Å². The predicted octanol–water partition coefficient (Wildman–Crippen LogP) is 2.28. The molecule has 1 aromatic heterocycles. The second kappa shape index (κ2) is 7.04. The standard InChI is InChI=1S/C16H22N4O/c1-4-20-11-14(9-17-20)10-19(3)12-16(21)18-15-8-6-5-7-13(15)2/h5-9,11H,4,10,12H2,1-3H3,(H,18,21). The molecule has 0 aliphatic carbocycles. The number of aromatic nitrogens is 2. The molecule has 112 valence electrons. The van der Waals surface area contributed by atoms with Crippen LogP contribution in [-0.4, -0.2) is 34.2 Å². The third-order valence-electron chi connectivity index (χ3n) is 3.30. The normalized spacial score (nSPS) is 10.9. The molecule has 0 aliphatic heterocycles. The van der Waals surface area contributed by atoms with Crippen LogP contribution in [0.2, 0.25) is 0 Å². The fourth-order valence-corrected chi connectivity index (χ4v) is 2.18. The van der Waals surface area contributed by atoms with Crippen molar-refractivity contribution in [2.45, 2.75) is 26.9 Å². The van der Waals surface area contributed by atoms with Gasteiger partial charge in [-0.25, -0.2) is 0 Å². The van der Waals surface area contributed by atoms with Gasteiger partial charge >= 0.3 is 0 Å². The minimum Gasteiger partial charge on any atom is -0.325 e. The summed E-state index contributed by atoms with van der Waals surface area (Å²) in [6.07, 6.45) is 3.86. The lowest BCUT2D eigenvalue weighted by atomic mass is 10.2. The van der Waals surface area contributed by atoms with Gasteiger partial charge in [-0.15, -0.1) is 0 Å². The summed E-state index contributed by atoms with van der Waals surface area (Å²) in [5, 5.41) is 7.18. The SMILES string of the molecule is CCn1cc(CN(C)CC(=O)Nc2ccccc2C)cn1. The molecule has 21 heavy (non-hydrogen) atoms. The van der Waals surface area contributed by atoms with Gasteiger partial charge in [-0.1, -0.05) is 18.2 Å². The molecule has 0 fully saturated rings. The number of carbonyl (C=O) groups is 1. The van der Waals surface area contributed by atoms with Gasteiger partial charge in [0.25, 0.3) is 0 Å². The van der Waals surface area contributed by atoms with E-state index < -0.39 is 0 Å². The van der Waals surface area contributed by atoms with Crippen molar-refractivity contribution < 1.29 is 4.79 Å². The van der Waals surface area contributed by atoms with E-state index in [4.69, 9.17) is 0 Å². The van der Waals surface area contributed by atoms with Crippen LogP contribution in [-0.2, 0) is 17.9 Å². The predicted molar refractivity (Wildman–Crippen MR) is 84.0 cm³/mol. The number of aryl methyl sites for hydroxylation is 2. The number of hydrogen-bond donors (Lipinski definition) is 1. The number of para-hydroxylation sites is 1. The number of anilines is 1. The molecule has 5 nitrogen and oxygen atoms in total. The summed E-state index contributed by atoms with van der Waals surface area (Å²) in [5.74, 6) is -0.00492. The first-order chi connectivity index (χ1) is 10.1. The largest absolute Gasteiger partial charge is 0.325 e. The van der Waals surface area contributed by atoms with E-state index in [0.717, 1.165) is 23.4 Å². The highest BCUT2D eigenvalue weighted by Crippen LogP contribution is 2.13. The van der Waals surface area contributed by atoms with E-state index in [-0.39, 0.29) is 5.91 Å². The topological polar surface area (TPSA) is 50.2 Å². The molecule has 0 aliphatic rings. The van der Waals surface area contributed by atoms with Crippen LogP contribution >= 0.6 is 0 Å². The molecule has 0 bridgehead atoms. The quantitative estimate of drug-likeness (QED) is 0.886. The van der Waals surface area contributed by atoms with Crippen molar-refractivity contribution in [3.05, 3.63) is 47.8 Å². The number of nitrogens with one attached hydrogen (secondary N) is 1. The maximum absolute atomic E-state index is 12.1. The Bertz CT molecular complexity index is 606. The molecular formula is C16H22N4O. The highest BCUT2D eigenvalue weighted by Gasteiger charge is 2.09. The smallest absolute Gasteiger partial charge is 0.238 e. The summed E-state index contributed by atoms with van der Waals surface area (Å²) in [7, 11) is 1.93. The number of hydrogen-bond acceptors (Lipinski definition) is 3. The molecule has 0 radical (unpaired) electrons. The lowest BCUT2D eigenvalue weighted by Gasteiger charge is -2.16. The zero-order valence-corrected chi connectivity index (χ0v) is 12.8. The lowest BCUT2D eigenvalue weighted by molar-refractivity contribution is -0.117. The van der Waals surface area contributed by atoms with Crippen molar-refractivity contribution in [3.8, 4) is 0 Å². The minimum absolute atomic E-state index is 0.00492. The lowest BCUT2D eigenvalue weighted by Crippen LogP contribution is -2.29. The molecular weight excluding hydrogens is 264 g/mol. The maximum atomic E-state index is 12.1. The number of likely N-dealkylation sites (N-methyl/N-ethyl adjacent to an activating group) is 1. The van der Waals surface area contributed by atoms with Gasteiger partial charge < -0.3 is 5.32 Å². The van der Waals surface area contributed by atoms with Crippen LogP contribution in [0.25, 0.3) is 0 Å². The van der Waals surface area contributed by atoms with Crippen LogP contribution in [0.5, 0.6) is 0 Å². The highest BCUT2D eigenvalue weighted by molar-refractivity contribution is 5.92. The van der Waals surface area contributed by atoms with E-state index in [0.29, 0.717) is 13.1 Å². The molecule has 5 heteroatoms. The first-order valence-corrected chi connectivity index (χ1v) is 7.14. The average molecular weight is 286 g/mol. The fraction of sp³-hybridized carbons (Fsp3) is 0.375. The monoisotopic (exact) mass is 286 g/mol. The van der Waals surface area contributed by atoms with Crippen LogP contribution in [0.3, 0.4) is 0 Å². The Kier molecular flexibility index (Phi) is 5.11. The summed E-state index contributed by atoms with van der Waals surface area (Å²) >= 11 is 0. The van der Waals surface area contributed by atoms with Crippen molar-refractivity contribution in [2.75, 3.05) is 18.9 Å². The summed E-state index contributed by atoms with van der Waals surface area (Å²) in [6, 6.07) is 7.78. The number of benzene rings is 1. The third-order valence-corrected chi connectivity index (χ3v) is 3.30. The molecule has 1 heterocycles. The Morgan fingerprint density at radius 1 is 1.38 bits per heavy atom. The number of nitrogens with zero attached hydrogens (tertiary/aromatic N) is 3. The molecule has 0 unspecified atom stereocenters.